The Morgan fingerprint density at radius 1 is 1.15 bits per heavy atom. The van der Waals surface area contributed by atoms with E-state index < -0.39 is 0 Å². The Balaban J connectivity index is 1.59. The number of hydrogen-bond donors (Lipinski definition) is 0. The molecule has 5 nitrogen and oxygen atoms in total. The second-order valence-electron chi connectivity index (χ2n) is 5.33. The van der Waals surface area contributed by atoms with Crippen LogP contribution in [-0.4, -0.2) is 45.8 Å². The van der Waals surface area contributed by atoms with Gasteiger partial charge in [-0.3, -0.25) is 9.58 Å². The topological polar surface area (TPSA) is 37.2 Å². The molecule has 1 fully saturated rings. The standard InChI is InChI=1S/C15H21N5/c1-18-12-14(11-17-18)13-19-7-4-8-20(10-9-19)15-5-2-3-6-16-15/h2-3,5-6,11-12H,4,7-10,13H2,1H3. The fourth-order valence-electron chi connectivity index (χ4n) is 2.71. The first kappa shape index (κ1) is 13.1. The minimum atomic E-state index is 0.990. The first-order valence-electron chi connectivity index (χ1n) is 7.17. The normalized spacial score (nSPS) is 17.1. The van der Waals surface area contributed by atoms with Crippen LogP contribution < -0.4 is 4.90 Å². The van der Waals surface area contributed by atoms with Gasteiger partial charge >= 0.3 is 0 Å². The summed E-state index contributed by atoms with van der Waals surface area (Å²) in [6, 6.07) is 6.12. The van der Waals surface area contributed by atoms with Crippen LogP contribution in [0, 0.1) is 0 Å². The summed E-state index contributed by atoms with van der Waals surface area (Å²) in [6.07, 6.45) is 7.10. The molecule has 0 amide bonds. The maximum absolute atomic E-state index is 4.45. The van der Waals surface area contributed by atoms with E-state index in [-0.39, 0.29) is 0 Å². The van der Waals surface area contributed by atoms with Gasteiger partial charge in [-0.15, -0.1) is 0 Å². The number of pyridine rings is 1. The summed E-state index contributed by atoms with van der Waals surface area (Å²) in [7, 11) is 1.97. The molecule has 20 heavy (non-hydrogen) atoms. The Hall–Kier alpha value is -1.88. The highest BCUT2D eigenvalue weighted by molar-refractivity contribution is 5.37. The Morgan fingerprint density at radius 2 is 2.10 bits per heavy atom. The average Bonchev–Trinajstić information content (AvgIpc) is 2.74. The van der Waals surface area contributed by atoms with Crippen LogP contribution in [0.5, 0.6) is 0 Å². The lowest BCUT2D eigenvalue weighted by Gasteiger charge is -2.22. The van der Waals surface area contributed by atoms with Gasteiger partial charge in [0.25, 0.3) is 0 Å². The van der Waals surface area contributed by atoms with Crippen molar-refractivity contribution in [2.24, 2.45) is 7.05 Å². The van der Waals surface area contributed by atoms with Gasteiger partial charge in [0.2, 0.25) is 0 Å². The van der Waals surface area contributed by atoms with E-state index in [1.54, 1.807) is 0 Å². The fraction of sp³-hybridized carbons (Fsp3) is 0.467. The van der Waals surface area contributed by atoms with E-state index in [2.05, 4.69) is 38.2 Å². The van der Waals surface area contributed by atoms with Crippen molar-refractivity contribution in [3.05, 3.63) is 42.4 Å². The maximum atomic E-state index is 4.45. The molecule has 0 radical (unpaired) electrons. The summed E-state index contributed by atoms with van der Waals surface area (Å²) in [5.41, 5.74) is 1.29. The van der Waals surface area contributed by atoms with Crippen LogP contribution in [0.3, 0.4) is 0 Å². The number of aromatic nitrogens is 3. The Labute approximate surface area is 119 Å². The van der Waals surface area contributed by atoms with Gasteiger partial charge in [0.15, 0.2) is 0 Å². The summed E-state index contributed by atoms with van der Waals surface area (Å²) < 4.78 is 1.87. The van der Waals surface area contributed by atoms with Gasteiger partial charge in [-0.05, 0) is 18.6 Å². The van der Waals surface area contributed by atoms with Crippen LogP contribution in [0.4, 0.5) is 5.82 Å². The predicted octanol–water partition coefficient (Wildman–Crippen LogP) is 1.53. The Morgan fingerprint density at radius 3 is 2.85 bits per heavy atom. The van der Waals surface area contributed by atoms with E-state index in [9.17, 15) is 0 Å². The van der Waals surface area contributed by atoms with Crippen LogP contribution in [-0.2, 0) is 13.6 Å². The van der Waals surface area contributed by atoms with Crippen molar-refractivity contribution in [2.75, 3.05) is 31.1 Å². The molecule has 2 aromatic rings. The van der Waals surface area contributed by atoms with Gasteiger partial charge < -0.3 is 4.90 Å². The third-order valence-corrected chi connectivity index (χ3v) is 3.73. The number of nitrogens with zero attached hydrogens (tertiary/aromatic N) is 5. The number of aryl methyl sites for hydroxylation is 1. The molecular formula is C15H21N5. The van der Waals surface area contributed by atoms with Gasteiger partial charge in [-0.2, -0.15) is 5.10 Å². The number of hydrogen-bond acceptors (Lipinski definition) is 4. The molecule has 3 rings (SSSR count). The van der Waals surface area contributed by atoms with Crippen LogP contribution in [0.15, 0.2) is 36.8 Å². The highest BCUT2D eigenvalue weighted by Crippen LogP contribution is 2.14. The summed E-state index contributed by atoms with van der Waals surface area (Å²) in [5.74, 6) is 1.09. The molecule has 0 bridgehead atoms. The smallest absolute Gasteiger partial charge is 0.128 e. The van der Waals surface area contributed by atoms with Crippen LogP contribution in [0.25, 0.3) is 0 Å². The molecule has 0 atom stereocenters. The molecule has 0 saturated carbocycles. The second-order valence-corrected chi connectivity index (χ2v) is 5.33. The van der Waals surface area contributed by atoms with Crippen molar-refractivity contribution >= 4 is 5.82 Å². The molecule has 0 aromatic carbocycles. The largest absolute Gasteiger partial charge is 0.355 e. The lowest BCUT2D eigenvalue weighted by molar-refractivity contribution is 0.285. The monoisotopic (exact) mass is 271 g/mol. The van der Waals surface area contributed by atoms with Crippen molar-refractivity contribution in [1.82, 2.24) is 19.7 Å². The SMILES string of the molecule is Cn1cc(CN2CCCN(c3ccccn3)CC2)cn1. The summed E-state index contributed by atoms with van der Waals surface area (Å²) in [4.78, 5) is 9.33. The van der Waals surface area contributed by atoms with Gasteiger partial charge in [0.1, 0.15) is 5.82 Å². The maximum Gasteiger partial charge on any atom is 0.128 e. The zero-order valence-electron chi connectivity index (χ0n) is 11.9. The van der Waals surface area contributed by atoms with Gasteiger partial charge in [-0.25, -0.2) is 4.98 Å². The van der Waals surface area contributed by atoms with Crippen LogP contribution in [0.1, 0.15) is 12.0 Å². The molecular weight excluding hydrogens is 250 g/mol. The van der Waals surface area contributed by atoms with Crippen molar-refractivity contribution < 1.29 is 0 Å². The molecule has 1 saturated heterocycles. The van der Waals surface area contributed by atoms with E-state index >= 15 is 0 Å². The predicted molar refractivity (Wildman–Crippen MR) is 79.6 cm³/mol. The molecule has 3 heterocycles. The van der Waals surface area contributed by atoms with E-state index in [0.717, 1.165) is 38.5 Å². The average molecular weight is 271 g/mol. The molecule has 0 N–H and O–H groups in total. The quantitative estimate of drug-likeness (QED) is 0.848. The molecule has 0 unspecified atom stereocenters. The van der Waals surface area contributed by atoms with E-state index in [0.29, 0.717) is 0 Å². The number of anilines is 1. The second kappa shape index (κ2) is 6.05. The van der Waals surface area contributed by atoms with Crippen molar-refractivity contribution in [3.8, 4) is 0 Å². The summed E-state index contributed by atoms with van der Waals surface area (Å²) >= 11 is 0. The Kier molecular flexibility index (Phi) is 3.97. The van der Waals surface area contributed by atoms with E-state index in [1.165, 1.54) is 12.0 Å². The summed E-state index contributed by atoms with van der Waals surface area (Å²) in [5, 5.41) is 4.24. The van der Waals surface area contributed by atoms with Gasteiger partial charge in [0.05, 0.1) is 6.20 Å². The molecule has 106 valence electrons. The van der Waals surface area contributed by atoms with Crippen LogP contribution in [0.2, 0.25) is 0 Å². The van der Waals surface area contributed by atoms with Gasteiger partial charge in [-0.1, -0.05) is 6.07 Å². The minimum Gasteiger partial charge on any atom is -0.355 e. The van der Waals surface area contributed by atoms with Crippen LogP contribution >= 0.6 is 0 Å². The fourth-order valence-corrected chi connectivity index (χ4v) is 2.71. The summed E-state index contributed by atoms with van der Waals surface area (Å²) in [6.45, 7) is 5.32. The third-order valence-electron chi connectivity index (χ3n) is 3.73. The van der Waals surface area contributed by atoms with Crippen molar-refractivity contribution in [3.63, 3.8) is 0 Å². The third kappa shape index (κ3) is 3.17. The molecule has 1 aliphatic rings. The highest BCUT2D eigenvalue weighted by Gasteiger charge is 2.16. The Bertz CT molecular complexity index is 536. The lowest BCUT2D eigenvalue weighted by atomic mass is 10.3. The number of rotatable bonds is 3. The minimum absolute atomic E-state index is 0.990. The zero-order chi connectivity index (χ0) is 13.8. The molecule has 1 aliphatic heterocycles. The van der Waals surface area contributed by atoms with E-state index in [4.69, 9.17) is 0 Å². The lowest BCUT2D eigenvalue weighted by Crippen LogP contribution is -2.30. The zero-order valence-corrected chi connectivity index (χ0v) is 11.9. The van der Waals surface area contributed by atoms with Crippen molar-refractivity contribution in [1.29, 1.82) is 0 Å². The van der Waals surface area contributed by atoms with Crippen molar-refractivity contribution in [2.45, 2.75) is 13.0 Å². The van der Waals surface area contributed by atoms with Gasteiger partial charge in [0, 0.05) is 57.7 Å². The molecule has 5 heteroatoms. The molecule has 0 aliphatic carbocycles. The highest BCUT2D eigenvalue weighted by atomic mass is 15.3. The first-order chi connectivity index (χ1) is 9.81. The molecule has 2 aromatic heterocycles. The molecule has 0 spiro atoms. The first-order valence-corrected chi connectivity index (χ1v) is 7.17. The van der Waals surface area contributed by atoms with E-state index in [1.807, 2.05) is 30.2 Å².